The van der Waals surface area contributed by atoms with Crippen molar-refractivity contribution >= 4 is 11.3 Å². The lowest BCUT2D eigenvalue weighted by Gasteiger charge is -2.30. The summed E-state index contributed by atoms with van der Waals surface area (Å²) in [7, 11) is 0. The van der Waals surface area contributed by atoms with E-state index in [1.54, 1.807) is 11.3 Å². The van der Waals surface area contributed by atoms with Crippen LogP contribution in [0, 0.1) is 6.92 Å². The van der Waals surface area contributed by atoms with E-state index in [1.807, 2.05) is 13.8 Å². The van der Waals surface area contributed by atoms with Crippen LogP contribution in [0.25, 0.3) is 0 Å². The summed E-state index contributed by atoms with van der Waals surface area (Å²) in [5.41, 5.74) is 6.98. The van der Waals surface area contributed by atoms with Crippen molar-refractivity contribution in [1.29, 1.82) is 0 Å². The third kappa shape index (κ3) is 2.85. The minimum atomic E-state index is 0.0621. The van der Waals surface area contributed by atoms with Crippen molar-refractivity contribution in [3.63, 3.8) is 0 Å². The molecule has 1 aliphatic rings. The Hall–Kier alpha value is -0.490. The van der Waals surface area contributed by atoms with Crippen molar-refractivity contribution in [2.45, 2.75) is 32.9 Å². The first-order valence-corrected chi connectivity index (χ1v) is 7.00. The molecular formula is C12H21N3OS. The van der Waals surface area contributed by atoms with Gasteiger partial charge in [-0.3, -0.25) is 4.90 Å². The van der Waals surface area contributed by atoms with Crippen LogP contribution in [0.1, 0.15) is 41.6 Å². The van der Waals surface area contributed by atoms with Crippen LogP contribution < -0.4 is 5.73 Å². The molecule has 0 spiro atoms. The number of aromatic nitrogens is 1. The Morgan fingerprint density at radius 1 is 1.65 bits per heavy atom. The van der Waals surface area contributed by atoms with Gasteiger partial charge >= 0.3 is 0 Å². The molecule has 0 aromatic carbocycles. The van der Waals surface area contributed by atoms with Gasteiger partial charge in [0.25, 0.3) is 0 Å². The highest BCUT2D eigenvalue weighted by molar-refractivity contribution is 7.11. The van der Waals surface area contributed by atoms with E-state index in [2.05, 4.69) is 16.8 Å². The average molecular weight is 255 g/mol. The Morgan fingerprint density at radius 3 is 3.00 bits per heavy atom. The highest BCUT2D eigenvalue weighted by atomic mass is 32.1. The number of hydrogen-bond acceptors (Lipinski definition) is 5. The van der Waals surface area contributed by atoms with Crippen molar-refractivity contribution in [2.24, 2.45) is 5.73 Å². The van der Waals surface area contributed by atoms with Gasteiger partial charge in [-0.15, -0.1) is 11.3 Å². The van der Waals surface area contributed by atoms with Crippen LogP contribution in [0.3, 0.4) is 0 Å². The molecule has 2 N–H and O–H groups in total. The summed E-state index contributed by atoms with van der Waals surface area (Å²) in [6, 6.07) is 0.0621. The van der Waals surface area contributed by atoms with E-state index in [1.165, 1.54) is 4.88 Å². The molecular weight excluding hydrogens is 234 g/mol. The molecule has 5 heteroatoms. The maximum absolute atomic E-state index is 5.93. The van der Waals surface area contributed by atoms with Crippen LogP contribution in [0.5, 0.6) is 0 Å². The molecule has 0 saturated carbocycles. The standard InChI is InChI=1S/C12H21N3OS/c1-4-15-5-6-16-10(7-15)12-14-9(3)11(17-12)8(2)13/h8,10H,4-7,13H2,1-3H3. The fraction of sp³-hybridized carbons (Fsp3) is 0.750. The van der Waals surface area contributed by atoms with E-state index in [0.29, 0.717) is 0 Å². The van der Waals surface area contributed by atoms with Gasteiger partial charge in [0.1, 0.15) is 11.1 Å². The molecule has 1 aromatic rings. The lowest BCUT2D eigenvalue weighted by molar-refractivity contribution is -0.0282. The van der Waals surface area contributed by atoms with E-state index in [-0.39, 0.29) is 12.1 Å². The van der Waals surface area contributed by atoms with Crippen LogP contribution in [0.15, 0.2) is 0 Å². The molecule has 4 nitrogen and oxygen atoms in total. The minimum absolute atomic E-state index is 0.0621. The average Bonchev–Trinajstić information content (AvgIpc) is 2.71. The first-order valence-electron chi connectivity index (χ1n) is 6.18. The minimum Gasteiger partial charge on any atom is -0.368 e. The Balaban J connectivity index is 2.14. The summed E-state index contributed by atoms with van der Waals surface area (Å²) in [4.78, 5) is 8.19. The van der Waals surface area contributed by atoms with Crippen molar-refractivity contribution in [1.82, 2.24) is 9.88 Å². The number of thiazole rings is 1. The monoisotopic (exact) mass is 255 g/mol. The SMILES string of the molecule is CCN1CCOC(c2nc(C)c(C(C)N)s2)C1. The number of hydrogen-bond donors (Lipinski definition) is 1. The van der Waals surface area contributed by atoms with Crippen LogP contribution in [0.4, 0.5) is 0 Å². The highest BCUT2D eigenvalue weighted by Crippen LogP contribution is 2.30. The second-order valence-corrected chi connectivity index (χ2v) is 5.61. The second kappa shape index (κ2) is 5.44. The number of rotatable bonds is 3. The quantitative estimate of drug-likeness (QED) is 0.896. The van der Waals surface area contributed by atoms with Gasteiger partial charge in [0.05, 0.1) is 12.3 Å². The molecule has 2 unspecified atom stereocenters. The Labute approximate surface area is 107 Å². The van der Waals surface area contributed by atoms with E-state index < -0.39 is 0 Å². The predicted molar refractivity (Wildman–Crippen MR) is 70.3 cm³/mol. The molecule has 2 heterocycles. The lowest BCUT2D eigenvalue weighted by Crippen LogP contribution is -2.38. The van der Waals surface area contributed by atoms with Crippen molar-refractivity contribution in [3.8, 4) is 0 Å². The lowest BCUT2D eigenvalue weighted by atomic mass is 10.2. The fourth-order valence-corrected chi connectivity index (χ4v) is 3.19. The van der Waals surface area contributed by atoms with Crippen molar-refractivity contribution < 1.29 is 4.74 Å². The summed E-state index contributed by atoms with van der Waals surface area (Å²) in [5, 5.41) is 1.08. The number of likely N-dealkylation sites (N-methyl/N-ethyl adjacent to an activating group) is 1. The van der Waals surface area contributed by atoms with Gasteiger partial charge < -0.3 is 10.5 Å². The molecule has 1 aliphatic heterocycles. The molecule has 0 amide bonds. The smallest absolute Gasteiger partial charge is 0.123 e. The molecule has 0 bridgehead atoms. The third-order valence-electron chi connectivity index (χ3n) is 3.14. The van der Waals surface area contributed by atoms with E-state index in [9.17, 15) is 0 Å². The first kappa shape index (κ1) is 13.0. The number of nitrogens with two attached hydrogens (primary N) is 1. The number of morpholine rings is 1. The topological polar surface area (TPSA) is 51.4 Å². The molecule has 1 aromatic heterocycles. The molecule has 96 valence electrons. The molecule has 1 fully saturated rings. The zero-order chi connectivity index (χ0) is 12.4. The van der Waals surface area contributed by atoms with Crippen molar-refractivity contribution in [3.05, 3.63) is 15.6 Å². The predicted octanol–water partition coefficient (Wildman–Crippen LogP) is 1.86. The largest absolute Gasteiger partial charge is 0.368 e. The number of aryl methyl sites for hydroxylation is 1. The highest BCUT2D eigenvalue weighted by Gasteiger charge is 2.25. The van der Waals surface area contributed by atoms with Crippen LogP contribution >= 0.6 is 11.3 Å². The van der Waals surface area contributed by atoms with Gasteiger partial charge in [-0.25, -0.2) is 4.98 Å². The Bertz CT molecular complexity index is 378. The van der Waals surface area contributed by atoms with E-state index >= 15 is 0 Å². The number of ether oxygens (including phenoxy) is 1. The maximum Gasteiger partial charge on any atom is 0.123 e. The third-order valence-corrected chi connectivity index (χ3v) is 4.59. The zero-order valence-corrected chi connectivity index (χ0v) is 11.6. The first-order chi connectivity index (χ1) is 8.11. The van der Waals surface area contributed by atoms with Crippen LogP contribution in [0.2, 0.25) is 0 Å². The van der Waals surface area contributed by atoms with Crippen LogP contribution in [-0.4, -0.2) is 36.1 Å². The van der Waals surface area contributed by atoms with Gasteiger partial charge in [-0.2, -0.15) is 0 Å². The summed E-state index contributed by atoms with van der Waals surface area (Å²) in [5.74, 6) is 0. The molecule has 17 heavy (non-hydrogen) atoms. The van der Waals surface area contributed by atoms with Crippen molar-refractivity contribution in [2.75, 3.05) is 26.2 Å². The number of nitrogens with zero attached hydrogens (tertiary/aromatic N) is 2. The van der Waals surface area contributed by atoms with Gasteiger partial charge in [-0.1, -0.05) is 6.92 Å². The van der Waals surface area contributed by atoms with Crippen LogP contribution in [-0.2, 0) is 4.74 Å². The molecule has 1 saturated heterocycles. The van der Waals surface area contributed by atoms with Gasteiger partial charge in [-0.05, 0) is 20.4 Å². The van der Waals surface area contributed by atoms with Gasteiger partial charge in [0, 0.05) is 24.0 Å². The summed E-state index contributed by atoms with van der Waals surface area (Å²) >= 11 is 1.70. The molecule has 2 atom stereocenters. The summed E-state index contributed by atoms with van der Waals surface area (Å²) in [6.45, 7) is 10.1. The van der Waals surface area contributed by atoms with E-state index in [4.69, 9.17) is 10.5 Å². The Morgan fingerprint density at radius 2 is 2.41 bits per heavy atom. The van der Waals surface area contributed by atoms with E-state index in [0.717, 1.165) is 36.9 Å². The normalized spacial score (nSPS) is 23.9. The van der Waals surface area contributed by atoms with Gasteiger partial charge in [0.15, 0.2) is 0 Å². The molecule has 0 aliphatic carbocycles. The second-order valence-electron chi connectivity index (χ2n) is 4.54. The summed E-state index contributed by atoms with van der Waals surface area (Å²) < 4.78 is 5.81. The Kier molecular flexibility index (Phi) is 4.14. The zero-order valence-electron chi connectivity index (χ0n) is 10.8. The molecule has 0 radical (unpaired) electrons. The summed E-state index contributed by atoms with van der Waals surface area (Å²) in [6.07, 6.45) is 0.125. The fourth-order valence-electron chi connectivity index (χ4n) is 2.13. The molecule has 2 rings (SSSR count). The maximum atomic E-state index is 5.93. The van der Waals surface area contributed by atoms with Gasteiger partial charge in [0.2, 0.25) is 0 Å².